The molecule has 1 aromatic carbocycles. The molecule has 0 N–H and O–H groups in total. The highest BCUT2D eigenvalue weighted by molar-refractivity contribution is 8.00. The molecular formula is C11H9ClF3NS. The fourth-order valence-electron chi connectivity index (χ4n) is 1.14. The lowest BCUT2D eigenvalue weighted by molar-refractivity contribution is -0.137. The quantitative estimate of drug-likeness (QED) is 0.608. The molecule has 1 aromatic rings. The highest BCUT2D eigenvalue weighted by atomic mass is 35.5. The van der Waals surface area contributed by atoms with Gasteiger partial charge in [0, 0.05) is 16.0 Å². The third kappa shape index (κ3) is 3.83. The van der Waals surface area contributed by atoms with Gasteiger partial charge in [-0.15, -0.1) is 23.4 Å². The van der Waals surface area contributed by atoms with Crippen molar-refractivity contribution >= 4 is 23.4 Å². The first-order chi connectivity index (χ1) is 7.88. The number of rotatable bonds is 3. The number of nitriles is 1. The summed E-state index contributed by atoms with van der Waals surface area (Å²) in [6.07, 6.45) is -4.42. The molecule has 0 saturated carbocycles. The van der Waals surface area contributed by atoms with Crippen LogP contribution in [0.15, 0.2) is 23.1 Å². The van der Waals surface area contributed by atoms with E-state index in [0.29, 0.717) is 10.8 Å². The van der Waals surface area contributed by atoms with Crippen LogP contribution >= 0.6 is 23.4 Å². The summed E-state index contributed by atoms with van der Waals surface area (Å²) >= 11 is 6.91. The molecule has 0 spiro atoms. The van der Waals surface area contributed by atoms with E-state index in [0.717, 1.165) is 12.1 Å². The highest BCUT2D eigenvalue weighted by Gasteiger charge is 2.31. The van der Waals surface area contributed by atoms with Gasteiger partial charge in [-0.25, -0.2) is 0 Å². The van der Waals surface area contributed by atoms with Gasteiger partial charge in [-0.2, -0.15) is 18.4 Å². The van der Waals surface area contributed by atoms with E-state index in [1.54, 1.807) is 6.07 Å². The number of hydrogen-bond donors (Lipinski definition) is 0. The Morgan fingerprint density at radius 3 is 2.59 bits per heavy atom. The van der Waals surface area contributed by atoms with Crippen LogP contribution in [-0.2, 0) is 6.18 Å². The van der Waals surface area contributed by atoms with Crippen molar-refractivity contribution in [3.05, 3.63) is 29.3 Å². The molecular weight excluding hydrogens is 271 g/mol. The summed E-state index contributed by atoms with van der Waals surface area (Å²) in [4.78, 5) is 0.522. The van der Waals surface area contributed by atoms with Crippen molar-refractivity contribution in [2.45, 2.75) is 23.2 Å². The first-order valence-electron chi connectivity index (χ1n) is 4.72. The second-order valence-electron chi connectivity index (χ2n) is 3.40. The van der Waals surface area contributed by atoms with Gasteiger partial charge in [0.25, 0.3) is 0 Å². The maximum Gasteiger partial charge on any atom is 0.416 e. The van der Waals surface area contributed by atoms with Crippen molar-refractivity contribution in [1.29, 1.82) is 5.26 Å². The van der Waals surface area contributed by atoms with Gasteiger partial charge in [0.1, 0.15) is 6.07 Å². The third-order valence-electron chi connectivity index (χ3n) is 1.97. The second kappa shape index (κ2) is 5.65. The normalized spacial score (nSPS) is 13.2. The fourth-order valence-corrected chi connectivity index (χ4v) is 2.21. The van der Waals surface area contributed by atoms with E-state index in [4.69, 9.17) is 16.9 Å². The minimum atomic E-state index is -4.42. The van der Waals surface area contributed by atoms with Crippen LogP contribution in [0.25, 0.3) is 0 Å². The Labute approximate surface area is 107 Å². The smallest absolute Gasteiger partial charge is 0.192 e. The molecule has 92 valence electrons. The minimum absolute atomic E-state index is 0.0294. The van der Waals surface area contributed by atoms with E-state index in [1.165, 1.54) is 17.8 Å². The van der Waals surface area contributed by atoms with Gasteiger partial charge in [0.2, 0.25) is 0 Å². The van der Waals surface area contributed by atoms with E-state index >= 15 is 0 Å². The predicted octanol–water partition coefficient (Wildman–Crippen LogP) is 4.30. The standard InChI is InChI=1S/C11H9ClF3NS/c1-7(5-12)17-10-3-2-9(11(13,14)15)4-8(10)6-16/h2-4,7H,5H2,1H3. The van der Waals surface area contributed by atoms with E-state index in [1.807, 2.05) is 6.92 Å². The molecule has 0 fully saturated rings. The maximum absolute atomic E-state index is 12.4. The van der Waals surface area contributed by atoms with Gasteiger partial charge >= 0.3 is 6.18 Å². The van der Waals surface area contributed by atoms with E-state index in [2.05, 4.69) is 0 Å². The Kier molecular flexibility index (Phi) is 4.72. The van der Waals surface area contributed by atoms with Crippen molar-refractivity contribution in [3.8, 4) is 6.07 Å². The largest absolute Gasteiger partial charge is 0.416 e. The second-order valence-corrected chi connectivity index (χ2v) is 5.19. The zero-order valence-corrected chi connectivity index (χ0v) is 10.5. The first kappa shape index (κ1) is 14.2. The molecule has 6 heteroatoms. The lowest BCUT2D eigenvalue weighted by Gasteiger charge is -2.11. The van der Waals surface area contributed by atoms with Crippen molar-refractivity contribution in [2.75, 3.05) is 5.88 Å². The van der Waals surface area contributed by atoms with Crippen LogP contribution in [0.1, 0.15) is 18.1 Å². The van der Waals surface area contributed by atoms with E-state index < -0.39 is 11.7 Å². The summed E-state index contributed by atoms with van der Waals surface area (Å²) in [5, 5.41) is 8.87. The van der Waals surface area contributed by atoms with Gasteiger partial charge in [0.05, 0.1) is 11.1 Å². The van der Waals surface area contributed by atoms with Crippen molar-refractivity contribution in [1.82, 2.24) is 0 Å². The van der Waals surface area contributed by atoms with Crippen LogP contribution in [0.4, 0.5) is 13.2 Å². The van der Waals surface area contributed by atoms with Crippen LogP contribution in [0, 0.1) is 11.3 Å². The van der Waals surface area contributed by atoms with Gasteiger partial charge in [-0.1, -0.05) is 6.92 Å². The molecule has 0 aliphatic heterocycles. The SMILES string of the molecule is CC(CCl)Sc1ccc(C(F)(F)F)cc1C#N. The van der Waals surface area contributed by atoms with Gasteiger partial charge in [-0.3, -0.25) is 0 Å². The van der Waals surface area contributed by atoms with Gasteiger partial charge in [0.15, 0.2) is 0 Å². The first-order valence-corrected chi connectivity index (χ1v) is 6.14. The third-order valence-corrected chi connectivity index (χ3v) is 3.80. The molecule has 1 atom stereocenters. The molecule has 17 heavy (non-hydrogen) atoms. The number of nitrogens with zero attached hydrogens (tertiary/aromatic N) is 1. The van der Waals surface area contributed by atoms with Crippen molar-refractivity contribution < 1.29 is 13.2 Å². The molecule has 0 saturated heterocycles. The Morgan fingerprint density at radius 2 is 2.12 bits per heavy atom. The molecule has 0 radical (unpaired) electrons. The Balaban J connectivity index is 3.07. The Hall–Kier alpha value is -0.860. The van der Waals surface area contributed by atoms with E-state index in [-0.39, 0.29) is 10.8 Å². The Morgan fingerprint density at radius 1 is 1.47 bits per heavy atom. The van der Waals surface area contributed by atoms with Crippen LogP contribution < -0.4 is 0 Å². The fraction of sp³-hybridized carbons (Fsp3) is 0.364. The van der Waals surface area contributed by atoms with Gasteiger partial charge < -0.3 is 0 Å². The number of thioether (sulfide) groups is 1. The van der Waals surface area contributed by atoms with Crippen LogP contribution in [0.5, 0.6) is 0 Å². The number of hydrogen-bond acceptors (Lipinski definition) is 2. The molecule has 1 nitrogen and oxygen atoms in total. The summed E-state index contributed by atoms with van der Waals surface area (Å²) in [5.74, 6) is 0.372. The lowest BCUT2D eigenvalue weighted by atomic mass is 10.1. The molecule has 0 amide bonds. The average molecular weight is 280 g/mol. The summed E-state index contributed by atoms with van der Waals surface area (Å²) in [5.41, 5.74) is -0.779. The zero-order chi connectivity index (χ0) is 13.1. The summed E-state index contributed by atoms with van der Waals surface area (Å²) < 4.78 is 37.3. The lowest BCUT2D eigenvalue weighted by Crippen LogP contribution is -2.06. The van der Waals surface area contributed by atoms with Crippen molar-refractivity contribution in [2.24, 2.45) is 0 Å². The predicted molar refractivity (Wildman–Crippen MR) is 62.2 cm³/mol. The van der Waals surface area contributed by atoms with Crippen LogP contribution in [0.3, 0.4) is 0 Å². The average Bonchev–Trinajstić information content (AvgIpc) is 2.27. The van der Waals surface area contributed by atoms with Gasteiger partial charge in [-0.05, 0) is 18.2 Å². The molecule has 1 unspecified atom stereocenters. The molecule has 0 aromatic heterocycles. The van der Waals surface area contributed by atoms with Crippen molar-refractivity contribution in [3.63, 3.8) is 0 Å². The minimum Gasteiger partial charge on any atom is -0.192 e. The monoisotopic (exact) mass is 279 g/mol. The maximum atomic E-state index is 12.4. The molecule has 0 aliphatic carbocycles. The highest BCUT2D eigenvalue weighted by Crippen LogP contribution is 2.34. The molecule has 0 aliphatic rings. The number of benzene rings is 1. The zero-order valence-electron chi connectivity index (χ0n) is 8.88. The summed E-state index contributed by atoms with van der Waals surface area (Å²) in [6, 6.07) is 4.93. The molecule has 0 bridgehead atoms. The molecule has 0 heterocycles. The molecule has 1 rings (SSSR count). The number of alkyl halides is 4. The van der Waals surface area contributed by atoms with E-state index in [9.17, 15) is 13.2 Å². The van der Waals surface area contributed by atoms with Crippen LogP contribution in [0.2, 0.25) is 0 Å². The summed E-state index contributed by atoms with van der Waals surface area (Å²) in [7, 11) is 0. The Bertz CT molecular complexity index is 439. The number of halogens is 4. The van der Waals surface area contributed by atoms with Crippen LogP contribution in [-0.4, -0.2) is 11.1 Å². The summed E-state index contributed by atoms with van der Waals surface area (Å²) in [6.45, 7) is 1.84. The topological polar surface area (TPSA) is 23.8 Å².